The molecule has 1 N–H and O–H groups in total. The fourth-order valence-electron chi connectivity index (χ4n) is 1.71. The maximum absolute atomic E-state index is 9.19. The summed E-state index contributed by atoms with van der Waals surface area (Å²) in [5.41, 5.74) is 3.63. The number of benzene rings is 1. The molecule has 6 heteroatoms. The third kappa shape index (κ3) is 3.70. The number of thioether (sulfide) groups is 1. The van der Waals surface area contributed by atoms with Gasteiger partial charge in [-0.1, -0.05) is 46.1 Å². The number of aryl methyl sites for hydroxylation is 2. The zero-order valence-electron chi connectivity index (χ0n) is 11.0. The highest BCUT2D eigenvalue weighted by molar-refractivity contribution is 8.00. The Morgan fingerprint density at radius 1 is 1.30 bits per heavy atom. The second-order valence-electron chi connectivity index (χ2n) is 4.34. The van der Waals surface area contributed by atoms with Gasteiger partial charge in [0, 0.05) is 16.2 Å². The summed E-state index contributed by atoms with van der Waals surface area (Å²) in [7, 11) is 0. The largest absolute Gasteiger partial charge is 0.411 e. The Morgan fingerprint density at radius 2 is 2.05 bits per heavy atom. The van der Waals surface area contributed by atoms with Gasteiger partial charge in [-0.15, -0.1) is 23.1 Å². The molecule has 0 spiro atoms. The molecule has 2 nitrogen and oxygen atoms in total. The Labute approximate surface area is 136 Å². The van der Waals surface area contributed by atoms with Gasteiger partial charge in [0.25, 0.3) is 0 Å². The van der Waals surface area contributed by atoms with Crippen molar-refractivity contribution >= 4 is 52.0 Å². The molecule has 0 unspecified atom stereocenters. The normalized spacial score (nSPS) is 11.9. The minimum atomic E-state index is 0.532. The fraction of sp³-hybridized carbons (Fsp3) is 0.214. The van der Waals surface area contributed by atoms with E-state index in [4.69, 9.17) is 23.2 Å². The lowest BCUT2D eigenvalue weighted by Crippen LogP contribution is -2.04. The maximum atomic E-state index is 9.19. The van der Waals surface area contributed by atoms with E-state index < -0.39 is 0 Å². The minimum absolute atomic E-state index is 0.532. The Hall–Kier alpha value is -0.680. The number of thiophene rings is 1. The van der Waals surface area contributed by atoms with Gasteiger partial charge < -0.3 is 5.21 Å². The first kappa shape index (κ1) is 15.7. The number of halogens is 2. The fourth-order valence-corrected chi connectivity index (χ4v) is 4.28. The lowest BCUT2D eigenvalue weighted by molar-refractivity contribution is 0.319. The van der Waals surface area contributed by atoms with Crippen LogP contribution in [0.4, 0.5) is 0 Å². The molecule has 2 aromatic rings. The number of rotatable bonds is 4. The lowest BCUT2D eigenvalue weighted by atomic mass is 10.2. The average molecular weight is 346 g/mol. The van der Waals surface area contributed by atoms with Crippen LogP contribution in [-0.2, 0) is 0 Å². The van der Waals surface area contributed by atoms with Crippen LogP contribution in [0.25, 0.3) is 0 Å². The summed E-state index contributed by atoms with van der Waals surface area (Å²) in [5.74, 6) is 0.535. The molecule has 0 fully saturated rings. The molecule has 0 atom stereocenters. The molecule has 0 aliphatic heterocycles. The highest BCUT2D eigenvalue weighted by Crippen LogP contribution is 2.33. The van der Waals surface area contributed by atoms with E-state index in [1.807, 2.05) is 0 Å². The van der Waals surface area contributed by atoms with E-state index in [1.54, 1.807) is 17.8 Å². The zero-order valence-corrected chi connectivity index (χ0v) is 14.1. The smallest absolute Gasteiger partial charge is 0.104 e. The molecule has 106 valence electrons. The van der Waals surface area contributed by atoms with Gasteiger partial charge in [-0.05, 0) is 31.5 Å². The Morgan fingerprint density at radius 3 is 2.65 bits per heavy atom. The Kier molecular flexibility index (Phi) is 5.38. The van der Waals surface area contributed by atoms with E-state index in [0.717, 1.165) is 0 Å². The van der Waals surface area contributed by atoms with Crippen molar-refractivity contribution in [3.63, 3.8) is 0 Å². The Balaban J connectivity index is 2.16. The summed E-state index contributed by atoms with van der Waals surface area (Å²) in [6.45, 7) is 4.12. The van der Waals surface area contributed by atoms with E-state index in [1.165, 1.54) is 27.4 Å². The van der Waals surface area contributed by atoms with Gasteiger partial charge in [0.2, 0.25) is 0 Å². The maximum Gasteiger partial charge on any atom is 0.104 e. The van der Waals surface area contributed by atoms with Crippen molar-refractivity contribution in [3.05, 3.63) is 49.6 Å². The molecule has 0 radical (unpaired) electrons. The molecule has 0 amide bonds. The molecular weight excluding hydrogens is 333 g/mol. The van der Waals surface area contributed by atoms with Crippen molar-refractivity contribution < 1.29 is 5.21 Å². The lowest BCUT2D eigenvalue weighted by Gasteiger charge is -2.07. The molecule has 1 heterocycles. The summed E-state index contributed by atoms with van der Waals surface area (Å²) in [4.78, 5) is 1.17. The number of nitrogens with zero attached hydrogens (tertiary/aromatic N) is 1. The van der Waals surface area contributed by atoms with Crippen molar-refractivity contribution in [1.29, 1.82) is 0 Å². The van der Waals surface area contributed by atoms with Gasteiger partial charge in [0.1, 0.15) is 4.34 Å². The second-order valence-corrected chi connectivity index (χ2v) is 7.64. The number of hydrogen-bond donors (Lipinski definition) is 1. The summed E-state index contributed by atoms with van der Waals surface area (Å²) in [6.07, 6.45) is 0. The van der Waals surface area contributed by atoms with Crippen molar-refractivity contribution in [2.75, 3.05) is 5.75 Å². The molecule has 1 aromatic carbocycles. The zero-order chi connectivity index (χ0) is 14.7. The first-order valence-electron chi connectivity index (χ1n) is 5.87. The van der Waals surface area contributed by atoms with Crippen LogP contribution < -0.4 is 0 Å². The van der Waals surface area contributed by atoms with Gasteiger partial charge >= 0.3 is 0 Å². The first-order chi connectivity index (χ1) is 9.51. The third-order valence-electron chi connectivity index (χ3n) is 2.80. The Bertz CT molecular complexity index is 653. The third-order valence-corrected chi connectivity index (χ3v) is 5.45. The van der Waals surface area contributed by atoms with E-state index >= 15 is 0 Å². The van der Waals surface area contributed by atoms with Crippen molar-refractivity contribution in [3.8, 4) is 0 Å². The number of oxime groups is 1. The summed E-state index contributed by atoms with van der Waals surface area (Å²) >= 11 is 14.9. The predicted octanol–water partition coefficient (Wildman–Crippen LogP) is 5.64. The predicted molar refractivity (Wildman–Crippen MR) is 89.3 cm³/mol. The standard InChI is InChI=1S/C14H13Cl2NOS2/c1-8-3-4-9(2)12(5-8)19-7-11(17-18)10-6-13(15)20-14(10)16/h3-6,18H,7H2,1-2H3/b17-11+. The SMILES string of the molecule is Cc1ccc(C)c(SC/C(=N\O)c2cc(Cl)sc2Cl)c1. The first-order valence-corrected chi connectivity index (χ1v) is 8.43. The highest BCUT2D eigenvalue weighted by atomic mass is 35.5. The molecule has 0 saturated heterocycles. The van der Waals surface area contributed by atoms with E-state index in [2.05, 4.69) is 37.2 Å². The van der Waals surface area contributed by atoms with Crippen LogP contribution in [0.15, 0.2) is 34.3 Å². The summed E-state index contributed by atoms with van der Waals surface area (Å²) < 4.78 is 1.13. The highest BCUT2D eigenvalue weighted by Gasteiger charge is 2.14. The van der Waals surface area contributed by atoms with E-state index in [9.17, 15) is 5.21 Å². The van der Waals surface area contributed by atoms with Crippen molar-refractivity contribution in [2.24, 2.45) is 5.16 Å². The molecule has 0 aliphatic carbocycles. The average Bonchev–Trinajstić information content (AvgIpc) is 2.73. The minimum Gasteiger partial charge on any atom is -0.411 e. The monoisotopic (exact) mass is 345 g/mol. The van der Waals surface area contributed by atoms with Gasteiger partial charge in [-0.25, -0.2) is 0 Å². The van der Waals surface area contributed by atoms with Crippen molar-refractivity contribution in [1.82, 2.24) is 0 Å². The van der Waals surface area contributed by atoms with Crippen molar-refractivity contribution in [2.45, 2.75) is 18.7 Å². The molecule has 2 rings (SSSR count). The topological polar surface area (TPSA) is 32.6 Å². The van der Waals surface area contributed by atoms with E-state index in [0.29, 0.717) is 25.7 Å². The number of hydrogen-bond acceptors (Lipinski definition) is 4. The van der Waals surface area contributed by atoms with Crippen LogP contribution in [0.1, 0.15) is 16.7 Å². The van der Waals surface area contributed by atoms with Gasteiger partial charge in [-0.2, -0.15) is 0 Å². The van der Waals surface area contributed by atoms with Crippen LogP contribution >= 0.6 is 46.3 Å². The molecule has 0 saturated carbocycles. The van der Waals surface area contributed by atoms with Crippen LogP contribution in [0.3, 0.4) is 0 Å². The summed E-state index contributed by atoms with van der Waals surface area (Å²) in [6, 6.07) is 8.02. The van der Waals surface area contributed by atoms with Crippen LogP contribution in [-0.4, -0.2) is 16.7 Å². The molecule has 20 heavy (non-hydrogen) atoms. The second kappa shape index (κ2) is 6.85. The van der Waals surface area contributed by atoms with Gasteiger partial charge in [0.05, 0.1) is 10.0 Å². The van der Waals surface area contributed by atoms with Gasteiger partial charge in [-0.3, -0.25) is 0 Å². The molecular formula is C14H13Cl2NOS2. The van der Waals surface area contributed by atoms with Gasteiger partial charge in [0.15, 0.2) is 0 Å². The van der Waals surface area contributed by atoms with Crippen LogP contribution in [0.2, 0.25) is 8.67 Å². The molecule has 0 bridgehead atoms. The molecule has 0 aliphatic rings. The molecule has 1 aromatic heterocycles. The van der Waals surface area contributed by atoms with Crippen LogP contribution in [0.5, 0.6) is 0 Å². The van der Waals surface area contributed by atoms with E-state index in [-0.39, 0.29) is 0 Å². The van der Waals surface area contributed by atoms with Crippen LogP contribution in [0, 0.1) is 13.8 Å². The quantitative estimate of drug-likeness (QED) is 0.336. The summed E-state index contributed by atoms with van der Waals surface area (Å²) in [5, 5.41) is 12.6.